The van der Waals surface area contributed by atoms with E-state index in [4.69, 9.17) is 0 Å². The SMILES string of the molecule is CCCN(CCC)C(=O)CCNc1cccc(C)c1C. The van der Waals surface area contributed by atoms with Crippen molar-refractivity contribution in [2.24, 2.45) is 0 Å². The van der Waals surface area contributed by atoms with Crippen LogP contribution in [0.4, 0.5) is 5.69 Å². The van der Waals surface area contributed by atoms with Gasteiger partial charge in [0.05, 0.1) is 0 Å². The third kappa shape index (κ3) is 4.87. The van der Waals surface area contributed by atoms with Crippen molar-refractivity contribution in [3.8, 4) is 0 Å². The number of aryl methyl sites for hydroxylation is 1. The van der Waals surface area contributed by atoms with Crippen LogP contribution in [0.3, 0.4) is 0 Å². The van der Waals surface area contributed by atoms with Gasteiger partial charge >= 0.3 is 0 Å². The summed E-state index contributed by atoms with van der Waals surface area (Å²) in [5.74, 6) is 0.256. The maximum atomic E-state index is 12.2. The topological polar surface area (TPSA) is 32.3 Å². The van der Waals surface area contributed by atoms with Crippen molar-refractivity contribution in [1.82, 2.24) is 4.90 Å². The van der Waals surface area contributed by atoms with Gasteiger partial charge in [-0.2, -0.15) is 0 Å². The quantitative estimate of drug-likeness (QED) is 0.784. The lowest BCUT2D eigenvalue weighted by Crippen LogP contribution is -2.33. The second kappa shape index (κ2) is 8.62. The van der Waals surface area contributed by atoms with Crippen molar-refractivity contribution in [1.29, 1.82) is 0 Å². The van der Waals surface area contributed by atoms with Crippen LogP contribution in [-0.2, 0) is 4.79 Å². The summed E-state index contributed by atoms with van der Waals surface area (Å²) in [5, 5.41) is 3.38. The average molecular weight is 276 g/mol. The van der Waals surface area contributed by atoms with Gasteiger partial charge in [-0.05, 0) is 43.9 Å². The van der Waals surface area contributed by atoms with Gasteiger partial charge < -0.3 is 10.2 Å². The average Bonchev–Trinajstić information content (AvgIpc) is 2.43. The van der Waals surface area contributed by atoms with E-state index in [1.807, 2.05) is 11.0 Å². The molecule has 0 saturated heterocycles. The highest BCUT2D eigenvalue weighted by Gasteiger charge is 2.11. The second-order valence-electron chi connectivity index (χ2n) is 5.31. The minimum Gasteiger partial charge on any atom is -0.384 e. The molecule has 3 heteroatoms. The molecule has 0 fully saturated rings. The minimum absolute atomic E-state index is 0.256. The fourth-order valence-electron chi connectivity index (χ4n) is 2.31. The molecule has 0 aromatic heterocycles. The number of carbonyl (C=O) groups is 1. The van der Waals surface area contributed by atoms with Gasteiger partial charge in [-0.25, -0.2) is 0 Å². The molecule has 112 valence electrons. The zero-order valence-electron chi connectivity index (χ0n) is 13.3. The monoisotopic (exact) mass is 276 g/mol. The Morgan fingerprint density at radius 1 is 1.15 bits per heavy atom. The molecule has 0 aliphatic rings. The lowest BCUT2D eigenvalue weighted by Gasteiger charge is -2.21. The summed E-state index contributed by atoms with van der Waals surface area (Å²) in [7, 11) is 0. The van der Waals surface area contributed by atoms with E-state index < -0.39 is 0 Å². The second-order valence-corrected chi connectivity index (χ2v) is 5.31. The van der Waals surface area contributed by atoms with Crippen molar-refractivity contribution in [2.45, 2.75) is 47.0 Å². The van der Waals surface area contributed by atoms with Crippen molar-refractivity contribution in [2.75, 3.05) is 25.0 Å². The molecule has 3 nitrogen and oxygen atoms in total. The molecule has 1 N–H and O–H groups in total. The van der Waals surface area contributed by atoms with Crippen LogP contribution >= 0.6 is 0 Å². The van der Waals surface area contributed by atoms with Crippen molar-refractivity contribution in [3.63, 3.8) is 0 Å². The van der Waals surface area contributed by atoms with E-state index in [-0.39, 0.29) is 5.91 Å². The Labute approximate surface area is 123 Å². The molecule has 0 saturated carbocycles. The zero-order valence-corrected chi connectivity index (χ0v) is 13.3. The number of nitrogens with zero attached hydrogens (tertiary/aromatic N) is 1. The van der Waals surface area contributed by atoms with Gasteiger partial charge in [-0.3, -0.25) is 4.79 Å². The minimum atomic E-state index is 0.256. The van der Waals surface area contributed by atoms with Crippen LogP contribution in [0.2, 0.25) is 0 Å². The van der Waals surface area contributed by atoms with E-state index in [0.29, 0.717) is 13.0 Å². The summed E-state index contributed by atoms with van der Waals surface area (Å²) < 4.78 is 0. The van der Waals surface area contributed by atoms with Gasteiger partial charge in [0.25, 0.3) is 0 Å². The van der Waals surface area contributed by atoms with Gasteiger partial charge in [-0.1, -0.05) is 26.0 Å². The summed E-state index contributed by atoms with van der Waals surface area (Å²) in [6.45, 7) is 10.9. The van der Waals surface area contributed by atoms with E-state index in [1.165, 1.54) is 11.1 Å². The molecule has 1 rings (SSSR count). The van der Waals surface area contributed by atoms with Gasteiger partial charge in [0.1, 0.15) is 0 Å². The maximum Gasteiger partial charge on any atom is 0.224 e. The van der Waals surface area contributed by atoms with E-state index >= 15 is 0 Å². The first-order chi connectivity index (χ1) is 9.60. The lowest BCUT2D eigenvalue weighted by molar-refractivity contribution is -0.131. The van der Waals surface area contributed by atoms with Crippen LogP contribution in [0.5, 0.6) is 0 Å². The fourth-order valence-corrected chi connectivity index (χ4v) is 2.31. The van der Waals surface area contributed by atoms with E-state index in [9.17, 15) is 4.79 Å². The third-order valence-electron chi connectivity index (χ3n) is 3.60. The van der Waals surface area contributed by atoms with Gasteiger partial charge in [-0.15, -0.1) is 0 Å². The highest BCUT2D eigenvalue weighted by molar-refractivity contribution is 5.76. The van der Waals surface area contributed by atoms with E-state index in [0.717, 1.165) is 31.6 Å². The van der Waals surface area contributed by atoms with E-state index in [1.54, 1.807) is 0 Å². The fraction of sp³-hybridized carbons (Fsp3) is 0.588. The summed E-state index contributed by atoms with van der Waals surface area (Å²) in [5.41, 5.74) is 3.68. The molecule has 1 amide bonds. The number of rotatable bonds is 8. The smallest absolute Gasteiger partial charge is 0.224 e. The van der Waals surface area contributed by atoms with Crippen molar-refractivity contribution in [3.05, 3.63) is 29.3 Å². The van der Waals surface area contributed by atoms with Crippen molar-refractivity contribution < 1.29 is 4.79 Å². The first kappa shape index (κ1) is 16.5. The molecule has 1 aromatic carbocycles. The summed E-state index contributed by atoms with van der Waals surface area (Å²) in [6, 6.07) is 6.23. The van der Waals surface area contributed by atoms with Gasteiger partial charge in [0.2, 0.25) is 5.91 Å². The Morgan fingerprint density at radius 2 is 1.80 bits per heavy atom. The lowest BCUT2D eigenvalue weighted by atomic mass is 10.1. The van der Waals surface area contributed by atoms with Crippen LogP contribution in [0.15, 0.2) is 18.2 Å². The van der Waals surface area contributed by atoms with Crippen LogP contribution in [0.1, 0.15) is 44.2 Å². The predicted molar refractivity (Wildman–Crippen MR) is 86.2 cm³/mol. The van der Waals surface area contributed by atoms with E-state index in [2.05, 4.69) is 45.1 Å². The van der Waals surface area contributed by atoms with Gasteiger partial charge in [0, 0.05) is 31.7 Å². The van der Waals surface area contributed by atoms with Crippen LogP contribution in [0.25, 0.3) is 0 Å². The van der Waals surface area contributed by atoms with Crippen LogP contribution < -0.4 is 5.32 Å². The zero-order chi connectivity index (χ0) is 15.0. The number of nitrogens with one attached hydrogen (secondary N) is 1. The first-order valence-electron chi connectivity index (χ1n) is 7.68. The maximum absolute atomic E-state index is 12.2. The number of anilines is 1. The molecule has 0 radical (unpaired) electrons. The number of hydrogen-bond donors (Lipinski definition) is 1. The summed E-state index contributed by atoms with van der Waals surface area (Å²) in [4.78, 5) is 14.1. The van der Waals surface area contributed by atoms with Crippen molar-refractivity contribution >= 4 is 11.6 Å². The molecule has 0 heterocycles. The largest absolute Gasteiger partial charge is 0.384 e. The Kier molecular flexibility index (Phi) is 7.13. The summed E-state index contributed by atoms with van der Waals surface area (Å²) in [6.07, 6.45) is 2.61. The number of amides is 1. The molecule has 20 heavy (non-hydrogen) atoms. The normalized spacial score (nSPS) is 10.4. The molecule has 0 spiro atoms. The van der Waals surface area contributed by atoms with Crippen LogP contribution in [0, 0.1) is 13.8 Å². The Hall–Kier alpha value is -1.51. The molecular formula is C17H28N2O. The standard InChI is InChI=1S/C17H28N2O/c1-5-12-19(13-6-2)17(20)10-11-18-16-9-7-8-14(3)15(16)4/h7-9,18H,5-6,10-13H2,1-4H3. The molecule has 1 aromatic rings. The highest BCUT2D eigenvalue weighted by atomic mass is 16.2. The van der Waals surface area contributed by atoms with Gasteiger partial charge in [0.15, 0.2) is 0 Å². The first-order valence-corrected chi connectivity index (χ1v) is 7.68. The Morgan fingerprint density at radius 3 is 2.40 bits per heavy atom. The number of benzene rings is 1. The number of carbonyl (C=O) groups excluding carboxylic acids is 1. The third-order valence-corrected chi connectivity index (χ3v) is 3.60. The molecular weight excluding hydrogens is 248 g/mol. The molecule has 0 aliphatic heterocycles. The molecule has 0 bridgehead atoms. The molecule has 0 atom stereocenters. The predicted octanol–water partition coefficient (Wildman–Crippen LogP) is 3.75. The Bertz CT molecular complexity index is 423. The van der Waals surface area contributed by atoms with Crippen LogP contribution in [-0.4, -0.2) is 30.4 Å². The summed E-state index contributed by atoms with van der Waals surface area (Å²) >= 11 is 0. The molecule has 0 unspecified atom stereocenters. The number of hydrogen-bond acceptors (Lipinski definition) is 2. The molecule has 0 aliphatic carbocycles. The highest BCUT2D eigenvalue weighted by Crippen LogP contribution is 2.17. The Balaban J connectivity index is 2.46.